The fourth-order valence-corrected chi connectivity index (χ4v) is 22.5. The standard InChI is InChI=1S/2C64H46N2/c1-41-25-34-56-57(37-41)63(44-27-26-42-15-7-8-16-43(42)38-44)55-22-10-9-21-54(55)62(56)45-28-35-50-51-36-33-49(40-59(51)64(2,3)58(50)39-45)65(46-17-5-4-6-18-46)47-29-31-48(32-30-47)66-60-23-13-11-19-52(60)53-20-12-14-24-61(53)66;1-41-25-34-56-57(37-41)63(55-22-10-9-21-54(55)62(56)44-27-26-42-15-7-8-16-43(42)38-44)45-28-35-50-51-36-33-49(40-59(51)64(2,3)58(50)39-45)65(46-17-5-4-6-18-46)47-29-31-48(32-30-47)66-60-23-13-11-19-52(60)53-20-12-14-24-61(53)66/h2*4-40H,1-3H3. The lowest BCUT2D eigenvalue weighted by molar-refractivity contribution is 0.660. The van der Waals surface area contributed by atoms with Gasteiger partial charge in [-0.15, -0.1) is 0 Å². The van der Waals surface area contributed by atoms with Gasteiger partial charge in [0.1, 0.15) is 0 Å². The third kappa shape index (κ3) is 12.5. The van der Waals surface area contributed by atoms with Crippen molar-refractivity contribution >= 4 is 142 Å². The second kappa shape index (κ2) is 30.7. The molecule has 2 aromatic heterocycles. The minimum atomic E-state index is -0.244. The fraction of sp³-hybridized carbons (Fsp3) is 0.0625. The molecule has 0 N–H and O–H groups in total. The number of aryl methyl sites for hydroxylation is 2. The van der Waals surface area contributed by atoms with Gasteiger partial charge >= 0.3 is 0 Å². The topological polar surface area (TPSA) is 16.3 Å². The maximum absolute atomic E-state index is 2.50. The number of fused-ring (bicyclic) bond motifs is 18. The molecule has 0 atom stereocenters. The Morgan fingerprint density at radius 2 is 0.439 bits per heavy atom. The van der Waals surface area contributed by atoms with Crippen molar-refractivity contribution in [1.82, 2.24) is 9.13 Å². The Kier molecular flexibility index (Phi) is 18.1. The van der Waals surface area contributed by atoms with E-state index in [2.05, 4.69) is 509 Å². The molecule has 0 radical (unpaired) electrons. The summed E-state index contributed by atoms with van der Waals surface area (Å²) in [7, 11) is 0. The first-order chi connectivity index (χ1) is 64.8. The molecule has 0 saturated heterocycles. The summed E-state index contributed by atoms with van der Waals surface area (Å²) in [5.74, 6) is 0. The summed E-state index contributed by atoms with van der Waals surface area (Å²) < 4.78 is 4.77. The van der Waals surface area contributed by atoms with Crippen LogP contribution in [0.4, 0.5) is 34.1 Å². The Morgan fingerprint density at radius 1 is 0.182 bits per heavy atom. The van der Waals surface area contributed by atoms with E-state index in [4.69, 9.17) is 0 Å². The van der Waals surface area contributed by atoms with Crippen molar-refractivity contribution in [2.24, 2.45) is 0 Å². The molecule has 0 spiro atoms. The van der Waals surface area contributed by atoms with Gasteiger partial charge < -0.3 is 18.9 Å². The zero-order chi connectivity index (χ0) is 88.2. The molecule has 24 aromatic rings. The maximum atomic E-state index is 2.50. The van der Waals surface area contributed by atoms with Crippen LogP contribution < -0.4 is 9.80 Å². The third-order valence-corrected chi connectivity index (χ3v) is 28.8. The summed E-state index contributed by atoms with van der Waals surface area (Å²) in [6, 6.07) is 167. The average Bonchev–Trinajstić information content (AvgIpc) is 1.42. The third-order valence-electron chi connectivity index (χ3n) is 28.8. The van der Waals surface area contributed by atoms with E-state index in [1.54, 1.807) is 0 Å². The van der Waals surface area contributed by atoms with Crippen LogP contribution in [0.3, 0.4) is 0 Å². The minimum Gasteiger partial charge on any atom is -0.310 e. The van der Waals surface area contributed by atoms with Gasteiger partial charge in [-0.2, -0.15) is 0 Å². The van der Waals surface area contributed by atoms with E-state index in [0.717, 1.165) is 45.5 Å². The van der Waals surface area contributed by atoms with Crippen molar-refractivity contribution in [3.63, 3.8) is 0 Å². The predicted molar refractivity (Wildman–Crippen MR) is 562 cm³/mol. The van der Waals surface area contributed by atoms with Gasteiger partial charge in [-0.1, -0.05) is 342 Å². The quantitative estimate of drug-likeness (QED) is 0.113. The molecule has 0 aliphatic heterocycles. The largest absolute Gasteiger partial charge is 0.310 e. The van der Waals surface area contributed by atoms with Gasteiger partial charge in [0.25, 0.3) is 0 Å². The molecule has 2 aliphatic rings. The molecule has 0 amide bonds. The zero-order valence-electron chi connectivity index (χ0n) is 74.5. The Morgan fingerprint density at radius 3 is 0.795 bits per heavy atom. The van der Waals surface area contributed by atoms with Crippen molar-refractivity contribution in [1.29, 1.82) is 0 Å². The molecule has 22 aromatic carbocycles. The summed E-state index contributed by atoms with van der Waals surface area (Å²) in [6.07, 6.45) is 0. The molecule has 26 rings (SSSR count). The summed E-state index contributed by atoms with van der Waals surface area (Å²) in [6.45, 7) is 14.0. The van der Waals surface area contributed by atoms with Crippen LogP contribution in [-0.4, -0.2) is 9.13 Å². The second-order valence-electron chi connectivity index (χ2n) is 37.2. The van der Waals surface area contributed by atoms with Gasteiger partial charge in [-0.25, -0.2) is 0 Å². The molecular weight excluding hydrogens is 1590 g/mol. The van der Waals surface area contributed by atoms with Crippen LogP contribution in [0.5, 0.6) is 0 Å². The zero-order valence-corrected chi connectivity index (χ0v) is 74.5. The first kappa shape index (κ1) is 77.9. The summed E-state index contributed by atoms with van der Waals surface area (Å²) in [5.41, 5.74) is 36.7. The van der Waals surface area contributed by atoms with E-state index in [1.807, 2.05) is 0 Å². The predicted octanol–water partition coefficient (Wildman–Crippen LogP) is 35.3. The van der Waals surface area contributed by atoms with Gasteiger partial charge in [0.2, 0.25) is 0 Å². The highest BCUT2D eigenvalue weighted by Gasteiger charge is 2.39. The number of hydrogen-bond acceptors (Lipinski definition) is 2. The molecule has 0 saturated carbocycles. The number of rotatable bonds is 12. The van der Waals surface area contributed by atoms with E-state index in [-0.39, 0.29) is 10.8 Å². The number of aromatic nitrogens is 2. The molecule has 0 fully saturated rings. The minimum absolute atomic E-state index is 0.243. The Balaban J connectivity index is 0.000000142. The van der Waals surface area contributed by atoms with Gasteiger partial charge in [0.05, 0.1) is 22.1 Å². The van der Waals surface area contributed by atoms with Crippen molar-refractivity contribution in [2.75, 3.05) is 9.80 Å². The maximum Gasteiger partial charge on any atom is 0.0541 e. The number of hydrogen-bond donors (Lipinski definition) is 0. The van der Waals surface area contributed by atoms with E-state index in [9.17, 15) is 0 Å². The van der Waals surface area contributed by atoms with E-state index >= 15 is 0 Å². The van der Waals surface area contributed by atoms with Crippen molar-refractivity contribution < 1.29 is 0 Å². The highest BCUT2D eigenvalue weighted by Crippen LogP contribution is 2.57. The van der Waals surface area contributed by atoms with Crippen LogP contribution in [0.2, 0.25) is 0 Å². The van der Waals surface area contributed by atoms with E-state index in [0.29, 0.717) is 0 Å². The van der Waals surface area contributed by atoms with E-state index in [1.165, 1.54) is 208 Å². The number of anilines is 6. The summed E-state index contributed by atoms with van der Waals surface area (Å²) in [5, 5.41) is 20.3. The monoisotopic (exact) mass is 1680 g/mol. The first-order valence-corrected chi connectivity index (χ1v) is 46.2. The molecule has 0 unspecified atom stereocenters. The average molecular weight is 1690 g/mol. The van der Waals surface area contributed by atoms with Crippen LogP contribution in [0.25, 0.3) is 186 Å². The highest BCUT2D eigenvalue weighted by atomic mass is 15.2. The Labute approximate surface area is 768 Å². The van der Waals surface area contributed by atoms with Crippen molar-refractivity contribution in [2.45, 2.75) is 52.4 Å². The number of benzene rings is 22. The van der Waals surface area contributed by atoms with Crippen molar-refractivity contribution in [3.05, 3.63) is 482 Å². The Hall–Kier alpha value is -16.4. The van der Waals surface area contributed by atoms with Crippen LogP contribution in [0, 0.1) is 13.8 Å². The highest BCUT2D eigenvalue weighted by molar-refractivity contribution is 6.24. The SMILES string of the molecule is Cc1ccc2c(-c3ccc4c(c3)C(C)(C)c3cc(N(c5ccccc5)c5ccc(-n6c7ccccc7c7ccccc76)cc5)ccc3-4)c3ccccc3c(-c3ccc4ccccc4c3)c2c1.Cc1ccc2c(-c3ccc4ccccc4c3)c3ccccc3c(-c3ccc4c(c3)C(C)(C)c3cc(N(c5ccccc5)c5ccc(-n6c7ccccc7c7ccccc76)cc5)ccc3-4)c2c1. The van der Waals surface area contributed by atoms with Crippen LogP contribution in [0.1, 0.15) is 61.1 Å². The molecule has 4 nitrogen and oxygen atoms in total. The molecule has 0 bridgehead atoms. The summed E-state index contributed by atoms with van der Waals surface area (Å²) in [4.78, 5) is 4.80. The molecule has 4 heteroatoms. The number of para-hydroxylation sites is 6. The normalized spacial score (nSPS) is 12.9. The smallest absolute Gasteiger partial charge is 0.0541 e. The molecule has 2 heterocycles. The lowest BCUT2D eigenvalue weighted by Crippen LogP contribution is -2.16. The van der Waals surface area contributed by atoms with E-state index < -0.39 is 0 Å². The van der Waals surface area contributed by atoms with Crippen LogP contribution in [0.15, 0.2) is 449 Å². The molecular formula is C128H92N4. The van der Waals surface area contributed by atoms with Gasteiger partial charge in [0.15, 0.2) is 0 Å². The molecule has 624 valence electrons. The van der Waals surface area contributed by atoms with Gasteiger partial charge in [-0.3, -0.25) is 0 Å². The van der Waals surface area contributed by atoms with Crippen LogP contribution in [-0.2, 0) is 10.8 Å². The summed E-state index contributed by atoms with van der Waals surface area (Å²) >= 11 is 0. The fourth-order valence-electron chi connectivity index (χ4n) is 22.5. The number of nitrogens with zero attached hydrogens (tertiary/aromatic N) is 4. The Bertz CT molecular complexity index is 8740. The first-order valence-electron chi connectivity index (χ1n) is 46.2. The van der Waals surface area contributed by atoms with Gasteiger partial charge in [0, 0.05) is 77.9 Å². The lowest BCUT2D eigenvalue weighted by Gasteiger charge is -2.28. The van der Waals surface area contributed by atoms with Gasteiger partial charge in [-0.05, 0) is 313 Å². The van der Waals surface area contributed by atoms with Crippen LogP contribution >= 0.6 is 0 Å². The molecule has 132 heavy (non-hydrogen) atoms. The second-order valence-corrected chi connectivity index (χ2v) is 37.2. The van der Waals surface area contributed by atoms with Crippen molar-refractivity contribution in [3.8, 4) is 78.1 Å². The lowest BCUT2D eigenvalue weighted by atomic mass is 9.80. The molecule has 2 aliphatic carbocycles.